The van der Waals surface area contributed by atoms with Gasteiger partial charge in [-0.3, -0.25) is 14.2 Å². The van der Waals surface area contributed by atoms with Crippen molar-refractivity contribution in [1.82, 2.24) is 19.7 Å². The molecule has 1 aromatic heterocycles. The Kier molecular flexibility index (Phi) is 7.72. The quantitative estimate of drug-likeness (QED) is 0.414. The third-order valence-electron chi connectivity index (χ3n) is 5.87. The van der Waals surface area contributed by atoms with E-state index in [4.69, 9.17) is 16.3 Å². The minimum absolute atomic E-state index is 0.0101. The summed E-state index contributed by atoms with van der Waals surface area (Å²) in [5.74, 6) is -2.17. The number of nitrogens with zero attached hydrogens (tertiary/aromatic N) is 3. The fourth-order valence-corrected chi connectivity index (χ4v) is 4.03. The van der Waals surface area contributed by atoms with Gasteiger partial charge in [0.05, 0.1) is 18.1 Å². The number of hydrogen-bond acceptors (Lipinski definition) is 5. The molecule has 3 aromatic rings. The molecule has 1 heterocycles. The number of aromatic nitrogens is 3. The van der Waals surface area contributed by atoms with Gasteiger partial charge in [0.1, 0.15) is 6.54 Å². The summed E-state index contributed by atoms with van der Waals surface area (Å²) in [6.07, 6.45) is -2.96. The van der Waals surface area contributed by atoms with Crippen LogP contribution in [0.1, 0.15) is 42.9 Å². The largest absolute Gasteiger partial charge is 0.465 e. The van der Waals surface area contributed by atoms with Gasteiger partial charge >= 0.3 is 17.8 Å². The predicted octanol–water partition coefficient (Wildman–Crippen LogP) is 4.18. The van der Waals surface area contributed by atoms with E-state index in [0.717, 1.165) is 29.7 Å². The lowest BCUT2D eigenvalue weighted by atomic mass is 9.97. The third kappa shape index (κ3) is 6.22. The summed E-state index contributed by atoms with van der Waals surface area (Å²) < 4.78 is 47.1. The second kappa shape index (κ2) is 10.8. The van der Waals surface area contributed by atoms with Gasteiger partial charge in [0.2, 0.25) is 5.91 Å². The van der Waals surface area contributed by atoms with Crippen molar-refractivity contribution < 1.29 is 27.5 Å². The van der Waals surface area contributed by atoms with Crippen LogP contribution in [0.2, 0.25) is 5.02 Å². The number of ether oxygens (including phenoxy) is 1. The Morgan fingerprint density at radius 2 is 1.89 bits per heavy atom. The van der Waals surface area contributed by atoms with Gasteiger partial charge in [-0.15, -0.1) is 5.10 Å². The number of amides is 1. The standard InChI is InChI=1S/C25H24ClF3N4O4/c1-2-37-23(35)20(16-4-3-5-17(12-16)25(27,28)29)13-30-21(34)14-32-24(36)33(19-10-11-19)22(31-32)15-6-8-18(26)9-7-15/h3-9,12,19-20H,2,10-11,13-14H2,1H3,(H,30,34). The highest BCUT2D eigenvalue weighted by Gasteiger charge is 2.33. The van der Waals surface area contributed by atoms with E-state index in [9.17, 15) is 27.6 Å². The average molecular weight is 537 g/mol. The molecule has 37 heavy (non-hydrogen) atoms. The molecule has 8 nitrogen and oxygen atoms in total. The highest BCUT2D eigenvalue weighted by atomic mass is 35.5. The second-order valence-electron chi connectivity index (χ2n) is 8.60. The lowest BCUT2D eigenvalue weighted by Crippen LogP contribution is -2.37. The molecule has 1 aliphatic carbocycles. The van der Waals surface area contributed by atoms with Crippen LogP contribution in [-0.2, 0) is 27.0 Å². The van der Waals surface area contributed by atoms with Crippen molar-refractivity contribution in [2.75, 3.05) is 13.2 Å². The number of carbonyl (C=O) groups is 2. The van der Waals surface area contributed by atoms with Crippen LogP contribution in [0.25, 0.3) is 11.4 Å². The maximum absolute atomic E-state index is 13.2. The molecule has 2 aromatic carbocycles. The van der Waals surface area contributed by atoms with Crippen molar-refractivity contribution in [3.05, 3.63) is 75.2 Å². The summed E-state index contributed by atoms with van der Waals surface area (Å²) in [5, 5.41) is 7.40. The van der Waals surface area contributed by atoms with E-state index < -0.39 is 41.8 Å². The second-order valence-corrected chi connectivity index (χ2v) is 9.04. The van der Waals surface area contributed by atoms with E-state index in [-0.39, 0.29) is 24.8 Å². The number of halogens is 4. The van der Waals surface area contributed by atoms with Gasteiger partial charge in [-0.25, -0.2) is 9.48 Å². The molecule has 0 saturated heterocycles. The van der Waals surface area contributed by atoms with Crippen molar-refractivity contribution in [2.45, 2.75) is 44.4 Å². The molecule has 1 amide bonds. The Bertz CT molecular complexity index is 1350. The van der Waals surface area contributed by atoms with E-state index in [1.165, 1.54) is 12.1 Å². The fraction of sp³-hybridized carbons (Fsp3) is 0.360. The number of esters is 1. The highest BCUT2D eigenvalue weighted by molar-refractivity contribution is 6.30. The summed E-state index contributed by atoms with van der Waals surface area (Å²) in [6, 6.07) is 11.1. The maximum atomic E-state index is 13.2. The van der Waals surface area contributed by atoms with Crippen LogP contribution in [0.5, 0.6) is 0 Å². The van der Waals surface area contributed by atoms with Gasteiger partial charge in [-0.1, -0.05) is 29.8 Å². The Morgan fingerprint density at radius 3 is 2.51 bits per heavy atom. The molecular formula is C25H24ClF3N4O4. The molecule has 0 aliphatic heterocycles. The van der Waals surface area contributed by atoms with Crippen molar-refractivity contribution in [1.29, 1.82) is 0 Å². The molecule has 1 unspecified atom stereocenters. The summed E-state index contributed by atoms with van der Waals surface area (Å²) >= 11 is 5.96. The fourth-order valence-electron chi connectivity index (χ4n) is 3.90. The number of alkyl halides is 3. The first-order valence-corrected chi connectivity index (χ1v) is 12.0. The summed E-state index contributed by atoms with van der Waals surface area (Å²) in [6.45, 7) is 0.836. The average Bonchev–Trinajstić information content (AvgIpc) is 3.63. The lowest BCUT2D eigenvalue weighted by Gasteiger charge is -2.18. The molecule has 0 spiro atoms. The normalized spacial score (nSPS) is 14.3. The van der Waals surface area contributed by atoms with Gasteiger partial charge in [-0.2, -0.15) is 13.2 Å². The monoisotopic (exact) mass is 536 g/mol. The number of benzene rings is 2. The molecule has 0 radical (unpaired) electrons. The summed E-state index contributed by atoms with van der Waals surface area (Å²) in [7, 11) is 0. The first-order chi connectivity index (χ1) is 17.6. The van der Waals surface area contributed by atoms with Gasteiger partial charge < -0.3 is 10.1 Å². The van der Waals surface area contributed by atoms with Crippen LogP contribution in [0.15, 0.2) is 53.3 Å². The Morgan fingerprint density at radius 1 is 1.19 bits per heavy atom. The van der Waals surface area contributed by atoms with Crippen LogP contribution >= 0.6 is 11.6 Å². The number of carbonyl (C=O) groups excluding carboxylic acids is 2. The van der Waals surface area contributed by atoms with E-state index in [1.807, 2.05) is 0 Å². The summed E-state index contributed by atoms with van der Waals surface area (Å²) in [4.78, 5) is 38.2. The molecule has 1 N–H and O–H groups in total. The van der Waals surface area contributed by atoms with Crippen LogP contribution < -0.4 is 11.0 Å². The van der Waals surface area contributed by atoms with Crippen LogP contribution in [0.4, 0.5) is 13.2 Å². The Labute approximate surface area is 215 Å². The summed E-state index contributed by atoms with van der Waals surface area (Å²) in [5.41, 5.74) is -0.659. The van der Waals surface area contributed by atoms with Crippen molar-refractivity contribution >= 4 is 23.5 Å². The first-order valence-electron chi connectivity index (χ1n) is 11.6. The zero-order valence-electron chi connectivity index (χ0n) is 19.8. The van der Waals surface area contributed by atoms with E-state index >= 15 is 0 Å². The maximum Gasteiger partial charge on any atom is 0.416 e. The van der Waals surface area contributed by atoms with E-state index in [1.54, 1.807) is 35.8 Å². The molecule has 1 saturated carbocycles. The number of nitrogens with one attached hydrogen (secondary N) is 1. The Hall–Kier alpha value is -3.60. The van der Waals surface area contributed by atoms with E-state index in [0.29, 0.717) is 16.4 Å². The molecule has 4 rings (SSSR count). The minimum Gasteiger partial charge on any atom is -0.465 e. The van der Waals surface area contributed by atoms with Crippen LogP contribution in [-0.4, -0.2) is 39.4 Å². The van der Waals surface area contributed by atoms with Gasteiger partial charge in [-0.05, 0) is 55.7 Å². The van der Waals surface area contributed by atoms with Gasteiger partial charge in [0.25, 0.3) is 0 Å². The molecule has 1 aliphatic rings. The smallest absolute Gasteiger partial charge is 0.416 e. The third-order valence-corrected chi connectivity index (χ3v) is 6.12. The zero-order valence-corrected chi connectivity index (χ0v) is 20.6. The minimum atomic E-state index is -4.60. The van der Waals surface area contributed by atoms with Crippen molar-refractivity contribution in [3.63, 3.8) is 0 Å². The van der Waals surface area contributed by atoms with Crippen LogP contribution in [0.3, 0.4) is 0 Å². The lowest BCUT2D eigenvalue weighted by molar-refractivity contribution is -0.145. The van der Waals surface area contributed by atoms with E-state index in [2.05, 4.69) is 10.4 Å². The number of hydrogen-bond donors (Lipinski definition) is 1. The Balaban J connectivity index is 1.52. The van der Waals surface area contributed by atoms with Crippen molar-refractivity contribution in [3.8, 4) is 11.4 Å². The molecular weight excluding hydrogens is 513 g/mol. The number of rotatable bonds is 9. The first kappa shape index (κ1) is 26.5. The highest BCUT2D eigenvalue weighted by Crippen LogP contribution is 2.36. The molecule has 196 valence electrons. The van der Waals surface area contributed by atoms with Gasteiger partial charge in [0, 0.05) is 23.2 Å². The SMILES string of the molecule is CCOC(=O)C(CNC(=O)Cn1nc(-c2ccc(Cl)cc2)n(C2CC2)c1=O)c1cccc(C(F)(F)F)c1. The van der Waals surface area contributed by atoms with Crippen molar-refractivity contribution in [2.24, 2.45) is 0 Å². The molecule has 1 atom stereocenters. The van der Waals surface area contributed by atoms with Crippen LogP contribution in [0, 0.1) is 0 Å². The zero-order chi connectivity index (χ0) is 26.7. The predicted molar refractivity (Wildman–Crippen MR) is 129 cm³/mol. The molecule has 0 bridgehead atoms. The topological polar surface area (TPSA) is 95.2 Å². The molecule has 12 heteroatoms. The molecule has 1 fully saturated rings. The van der Waals surface area contributed by atoms with Gasteiger partial charge in [0.15, 0.2) is 5.82 Å².